The Hall–Kier alpha value is -4.30. The van der Waals surface area contributed by atoms with E-state index >= 15 is 0 Å². The summed E-state index contributed by atoms with van der Waals surface area (Å²) in [5.74, 6) is 0.0350. The van der Waals surface area contributed by atoms with Crippen LogP contribution in [0.1, 0.15) is 35.6 Å². The minimum absolute atomic E-state index is 0.0675. The van der Waals surface area contributed by atoms with Gasteiger partial charge in [0.1, 0.15) is 18.1 Å². The van der Waals surface area contributed by atoms with Crippen LogP contribution in [0.4, 0.5) is 0 Å². The molecule has 3 aliphatic rings. The zero-order valence-electron chi connectivity index (χ0n) is 25.8. The van der Waals surface area contributed by atoms with Crippen molar-refractivity contribution < 1.29 is 32.5 Å². The molecule has 1 atom stereocenters. The predicted octanol–water partition coefficient (Wildman–Crippen LogP) is 2.60. The number of piperazine rings is 1. The highest BCUT2D eigenvalue weighted by Crippen LogP contribution is 2.40. The molecule has 1 fully saturated rings. The Morgan fingerprint density at radius 2 is 1.67 bits per heavy atom. The molecule has 13 heteroatoms. The van der Waals surface area contributed by atoms with Gasteiger partial charge in [-0.3, -0.25) is 9.69 Å². The Bertz CT molecular complexity index is 2050. The van der Waals surface area contributed by atoms with Gasteiger partial charge in [-0.1, -0.05) is 25.1 Å². The maximum atomic E-state index is 13.8. The van der Waals surface area contributed by atoms with Crippen molar-refractivity contribution in [1.29, 1.82) is 0 Å². The SMILES string of the molecule is CC[C@@]1(O)C(=O)OCc2c1cc1n(c2=O)Cc2c-1nc1ccccc1c2CN1CCN(S(=O)(=O)c2cc(OC)cc(OC)c2)CC1. The minimum atomic E-state index is -3.79. The van der Waals surface area contributed by atoms with E-state index in [1.165, 1.54) is 30.7 Å². The van der Waals surface area contributed by atoms with Crippen LogP contribution in [-0.4, -0.2) is 78.6 Å². The number of carbonyl (C=O) groups is 1. The van der Waals surface area contributed by atoms with Crippen LogP contribution in [-0.2, 0) is 44.9 Å². The second-order valence-corrected chi connectivity index (χ2v) is 13.7. The number of para-hydroxylation sites is 1. The number of ether oxygens (including phenoxy) is 3. The number of sulfonamides is 1. The van der Waals surface area contributed by atoms with E-state index in [4.69, 9.17) is 19.2 Å². The zero-order valence-corrected chi connectivity index (χ0v) is 26.6. The normalized spacial score (nSPS) is 19.8. The number of rotatable bonds is 7. The Morgan fingerprint density at radius 1 is 0.978 bits per heavy atom. The number of fused-ring (bicyclic) bond motifs is 5. The van der Waals surface area contributed by atoms with Crippen LogP contribution in [0, 0.1) is 0 Å². The minimum Gasteiger partial charge on any atom is -0.497 e. The van der Waals surface area contributed by atoms with Gasteiger partial charge in [-0.15, -0.1) is 0 Å². The summed E-state index contributed by atoms with van der Waals surface area (Å²) in [4.78, 5) is 33.6. The average molecular weight is 647 g/mol. The lowest BCUT2D eigenvalue weighted by Gasteiger charge is -2.34. The van der Waals surface area contributed by atoms with Gasteiger partial charge >= 0.3 is 5.97 Å². The monoisotopic (exact) mass is 646 g/mol. The number of hydrogen-bond acceptors (Lipinski definition) is 10. The maximum Gasteiger partial charge on any atom is 0.343 e. The lowest BCUT2D eigenvalue weighted by Crippen LogP contribution is -2.48. The van der Waals surface area contributed by atoms with E-state index < -0.39 is 21.6 Å². The van der Waals surface area contributed by atoms with Gasteiger partial charge in [0, 0.05) is 67.4 Å². The van der Waals surface area contributed by atoms with Crippen molar-refractivity contribution in [3.63, 3.8) is 0 Å². The first-order valence-electron chi connectivity index (χ1n) is 15.1. The molecule has 0 radical (unpaired) electrons. The molecule has 0 bridgehead atoms. The third-order valence-corrected chi connectivity index (χ3v) is 11.3. The van der Waals surface area contributed by atoms with Gasteiger partial charge in [0.25, 0.3) is 5.56 Å². The van der Waals surface area contributed by atoms with Crippen molar-refractivity contribution >= 4 is 26.9 Å². The van der Waals surface area contributed by atoms with Crippen LogP contribution in [0.2, 0.25) is 0 Å². The molecule has 1 saturated heterocycles. The number of aromatic nitrogens is 2. The molecule has 5 heterocycles. The molecule has 1 N–H and O–H groups in total. The smallest absolute Gasteiger partial charge is 0.343 e. The zero-order chi connectivity index (χ0) is 32.4. The Balaban J connectivity index is 1.21. The van der Waals surface area contributed by atoms with Gasteiger partial charge in [-0.2, -0.15) is 4.31 Å². The van der Waals surface area contributed by atoms with Gasteiger partial charge in [0.15, 0.2) is 5.60 Å². The summed E-state index contributed by atoms with van der Waals surface area (Å²) in [6.07, 6.45) is 0.0675. The topological polar surface area (TPSA) is 140 Å². The van der Waals surface area contributed by atoms with Gasteiger partial charge in [-0.25, -0.2) is 18.2 Å². The van der Waals surface area contributed by atoms with Crippen molar-refractivity contribution in [3.8, 4) is 22.9 Å². The van der Waals surface area contributed by atoms with E-state index in [0.29, 0.717) is 55.6 Å². The fourth-order valence-corrected chi connectivity index (χ4v) is 8.20. The van der Waals surface area contributed by atoms with Crippen LogP contribution in [0.3, 0.4) is 0 Å². The Kier molecular flexibility index (Phi) is 7.39. The number of nitrogens with zero attached hydrogens (tertiary/aromatic N) is 4. The van der Waals surface area contributed by atoms with Crippen LogP contribution < -0.4 is 15.0 Å². The van der Waals surface area contributed by atoms with Crippen LogP contribution >= 0.6 is 0 Å². The van der Waals surface area contributed by atoms with Gasteiger partial charge in [0.05, 0.1) is 48.1 Å². The molecule has 2 aromatic carbocycles. The average Bonchev–Trinajstić information content (AvgIpc) is 3.45. The third kappa shape index (κ3) is 4.68. The highest BCUT2D eigenvalue weighted by Gasteiger charge is 2.45. The van der Waals surface area contributed by atoms with E-state index in [1.54, 1.807) is 23.6 Å². The molecular weight excluding hydrogens is 612 g/mol. The maximum absolute atomic E-state index is 13.8. The number of hydrogen-bond donors (Lipinski definition) is 1. The van der Waals surface area contributed by atoms with E-state index in [1.807, 2.05) is 24.3 Å². The molecule has 3 aliphatic heterocycles. The Morgan fingerprint density at radius 3 is 2.35 bits per heavy atom. The van der Waals surface area contributed by atoms with Gasteiger partial charge < -0.3 is 23.9 Å². The lowest BCUT2D eigenvalue weighted by molar-refractivity contribution is -0.172. The first-order valence-corrected chi connectivity index (χ1v) is 16.6. The van der Waals surface area contributed by atoms with Gasteiger partial charge in [-0.05, 0) is 24.1 Å². The van der Waals surface area contributed by atoms with E-state index in [2.05, 4.69) is 4.90 Å². The van der Waals surface area contributed by atoms with Crippen molar-refractivity contribution in [2.75, 3.05) is 40.4 Å². The van der Waals surface area contributed by atoms with E-state index in [9.17, 15) is 23.1 Å². The van der Waals surface area contributed by atoms with E-state index in [-0.39, 0.29) is 41.2 Å². The fourth-order valence-electron chi connectivity index (χ4n) is 6.72. The Labute approximate surface area is 265 Å². The molecule has 240 valence electrons. The van der Waals surface area contributed by atoms with Crippen molar-refractivity contribution in [3.05, 3.63) is 81.1 Å². The molecule has 0 spiro atoms. The molecule has 46 heavy (non-hydrogen) atoms. The number of esters is 1. The van der Waals surface area contributed by atoms with Gasteiger partial charge in [0.2, 0.25) is 10.0 Å². The molecule has 12 nitrogen and oxygen atoms in total. The molecule has 0 amide bonds. The first-order chi connectivity index (χ1) is 22.1. The lowest BCUT2D eigenvalue weighted by atomic mass is 9.86. The van der Waals surface area contributed by atoms with E-state index in [0.717, 1.165) is 22.0 Å². The van der Waals surface area contributed by atoms with Crippen molar-refractivity contribution in [1.82, 2.24) is 18.8 Å². The van der Waals surface area contributed by atoms with Crippen LogP contribution in [0.25, 0.3) is 22.3 Å². The summed E-state index contributed by atoms with van der Waals surface area (Å²) in [5.41, 5.74) is 2.19. The van der Waals surface area contributed by atoms with Crippen molar-refractivity contribution in [2.45, 2.75) is 43.5 Å². The van der Waals surface area contributed by atoms with Crippen molar-refractivity contribution in [2.24, 2.45) is 0 Å². The molecule has 0 unspecified atom stereocenters. The largest absolute Gasteiger partial charge is 0.497 e. The highest BCUT2D eigenvalue weighted by atomic mass is 32.2. The number of methoxy groups -OCH3 is 2. The first kappa shape index (κ1) is 30.4. The summed E-state index contributed by atoms with van der Waals surface area (Å²) in [7, 11) is -0.830. The summed E-state index contributed by atoms with van der Waals surface area (Å²) >= 11 is 0. The summed E-state index contributed by atoms with van der Waals surface area (Å²) in [6.45, 7) is 3.88. The highest BCUT2D eigenvalue weighted by molar-refractivity contribution is 7.89. The summed E-state index contributed by atoms with van der Waals surface area (Å²) < 4.78 is 46.1. The molecule has 0 aliphatic carbocycles. The molecule has 2 aromatic heterocycles. The number of carbonyl (C=O) groups excluding carboxylic acids is 1. The fraction of sp³-hybridized carbons (Fsp3) is 0.364. The molecular formula is C33H34N4O8S. The predicted molar refractivity (Wildman–Crippen MR) is 168 cm³/mol. The second kappa shape index (κ2) is 11.2. The summed E-state index contributed by atoms with van der Waals surface area (Å²) in [6, 6.07) is 14.1. The number of cyclic esters (lactones) is 1. The third-order valence-electron chi connectivity index (χ3n) is 9.39. The quantitative estimate of drug-likeness (QED) is 0.263. The summed E-state index contributed by atoms with van der Waals surface area (Å²) in [5, 5.41) is 12.2. The standard InChI is InChI=1S/C33H34N4O8S/c1-4-33(40)27-16-29-30-25(18-37(29)31(38)26(27)19-45-32(33)39)24(23-7-5-6-8-28(23)34-30)17-35-9-11-36(12-10-35)46(41,42)22-14-20(43-2)13-21(15-22)44-3/h5-8,13-16,40H,4,9-12,17-19H2,1-3H3/t33-/m0/s1. The molecule has 0 saturated carbocycles. The number of pyridine rings is 2. The molecule has 4 aromatic rings. The van der Waals surface area contributed by atoms with Crippen LogP contribution in [0.15, 0.2) is 58.2 Å². The second-order valence-electron chi connectivity index (χ2n) is 11.8. The van der Waals surface area contributed by atoms with Crippen LogP contribution in [0.5, 0.6) is 11.5 Å². The molecule has 7 rings (SSSR count). The number of benzene rings is 2. The number of aliphatic hydroxyl groups is 1.